The van der Waals surface area contributed by atoms with Crippen LogP contribution in [0.1, 0.15) is 12.1 Å². The molecule has 0 atom stereocenters. The van der Waals surface area contributed by atoms with E-state index in [1.54, 1.807) is 11.3 Å². The molecule has 0 unspecified atom stereocenters. The Labute approximate surface area is 107 Å². The Kier molecular flexibility index (Phi) is 4.09. The molecule has 4 heteroatoms. The van der Waals surface area contributed by atoms with Crippen LogP contribution in [0.5, 0.6) is 0 Å². The summed E-state index contributed by atoms with van der Waals surface area (Å²) in [6, 6.07) is 8.13. The Morgan fingerprint density at radius 1 is 1.38 bits per heavy atom. The lowest BCUT2D eigenvalue weighted by atomic mass is 10.2. The molecule has 0 saturated heterocycles. The maximum absolute atomic E-state index is 8.76. The quantitative estimate of drug-likeness (QED) is 0.937. The summed E-state index contributed by atoms with van der Waals surface area (Å²) in [5.41, 5.74) is 2.20. The lowest BCUT2D eigenvalue weighted by Crippen LogP contribution is -1.89. The number of nitrogens with zero attached hydrogens (tertiary/aromatic N) is 1. The standard InChI is InChI=1S/C12H12BrNOS/c13-10-4-1-3-9(7-10)12-14-11(8-16-12)5-2-6-15/h1,3-4,7-8,15H,2,5-6H2. The average molecular weight is 298 g/mol. The third kappa shape index (κ3) is 2.90. The van der Waals surface area contributed by atoms with E-state index in [2.05, 4.69) is 38.4 Å². The van der Waals surface area contributed by atoms with Crippen molar-refractivity contribution in [3.05, 3.63) is 39.8 Å². The second-order valence-electron chi connectivity index (χ2n) is 3.48. The molecular formula is C12H12BrNOS. The van der Waals surface area contributed by atoms with Crippen molar-refractivity contribution in [3.8, 4) is 10.6 Å². The molecule has 0 spiro atoms. The molecule has 0 aliphatic heterocycles. The number of aromatic nitrogens is 1. The van der Waals surface area contributed by atoms with Gasteiger partial charge in [0.2, 0.25) is 0 Å². The number of aryl methyl sites for hydroxylation is 1. The summed E-state index contributed by atoms with van der Waals surface area (Å²) in [6.45, 7) is 0.226. The molecule has 0 aliphatic rings. The Balaban J connectivity index is 2.18. The fraction of sp³-hybridized carbons (Fsp3) is 0.250. The van der Waals surface area contributed by atoms with Gasteiger partial charge in [-0.25, -0.2) is 4.98 Å². The molecule has 2 rings (SSSR count). The van der Waals surface area contributed by atoms with Crippen molar-refractivity contribution in [2.45, 2.75) is 12.8 Å². The third-order valence-electron chi connectivity index (χ3n) is 2.21. The summed E-state index contributed by atoms with van der Waals surface area (Å²) in [7, 11) is 0. The van der Waals surface area contributed by atoms with Gasteiger partial charge < -0.3 is 5.11 Å². The predicted octanol–water partition coefficient (Wildman–Crippen LogP) is 3.50. The number of hydrogen-bond donors (Lipinski definition) is 1. The lowest BCUT2D eigenvalue weighted by molar-refractivity contribution is 0.288. The average Bonchev–Trinajstić information content (AvgIpc) is 2.75. The molecule has 0 radical (unpaired) electrons. The number of halogens is 1. The van der Waals surface area contributed by atoms with Crippen molar-refractivity contribution in [2.75, 3.05) is 6.61 Å². The van der Waals surface area contributed by atoms with Crippen LogP contribution in [0.25, 0.3) is 10.6 Å². The lowest BCUT2D eigenvalue weighted by Gasteiger charge is -1.96. The van der Waals surface area contributed by atoms with Crippen LogP contribution in [0.15, 0.2) is 34.1 Å². The molecule has 1 aromatic heterocycles. The van der Waals surface area contributed by atoms with Gasteiger partial charge in [0, 0.05) is 22.0 Å². The minimum Gasteiger partial charge on any atom is -0.396 e. The summed E-state index contributed by atoms with van der Waals surface area (Å²) in [4.78, 5) is 4.55. The van der Waals surface area contributed by atoms with Crippen molar-refractivity contribution in [2.24, 2.45) is 0 Å². The van der Waals surface area contributed by atoms with Crippen molar-refractivity contribution in [1.82, 2.24) is 4.98 Å². The van der Waals surface area contributed by atoms with Gasteiger partial charge in [0.25, 0.3) is 0 Å². The Hall–Kier alpha value is -0.710. The van der Waals surface area contributed by atoms with Crippen LogP contribution in [0.3, 0.4) is 0 Å². The van der Waals surface area contributed by atoms with Crippen molar-refractivity contribution in [1.29, 1.82) is 0 Å². The first-order chi connectivity index (χ1) is 7.79. The van der Waals surface area contributed by atoms with E-state index in [0.29, 0.717) is 0 Å². The fourth-order valence-corrected chi connectivity index (χ4v) is 2.69. The first-order valence-corrected chi connectivity index (χ1v) is 6.78. The number of hydrogen-bond acceptors (Lipinski definition) is 3. The zero-order chi connectivity index (χ0) is 11.4. The minimum absolute atomic E-state index is 0.226. The number of aliphatic hydroxyl groups is 1. The smallest absolute Gasteiger partial charge is 0.123 e. The van der Waals surface area contributed by atoms with Gasteiger partial charge in [-0.05, 0) is 25.0 Å². The van der Waals surface area contributed by atoms with Crippen molar-refractivity contribution < 1.29 is 5.11 Å². The zero-order valence-corrected chi connectivity index (χ0v) is 11.1. The number of thiazole rings is 1. The van der Waals surface area contributed by atoms with E-state index in [4.69, 9.17) is 5.11 Å². The van der Waals surface area contributed by atoms with Crippen molar-refractivity contribution >= 4 is 27.3 Å². The summed E-state index contributed by atoms with van der Waals surface area (Å²) < 4.78 is 1.07. The molecule has 2 aromatic rings. The maximum Gasteiger partial charge on any atom is 0.123 e. The van der Waals surface area contributed by atoms with E-state index >= 15 is 0 Å². The SMILES string of the molecule is OCCCc1csc(-c2cccc(Br)c2)n1. The largest absolute Gasteiger partial charge is 0.396 e. The number of rotatable bonds is 4. The molecule has 0 saturated carbocycles. The monoisotopic (exact) mass is 297 g/mol. The van der Waals surface area contributed by atoms with Crippen molar-refractivity contribution in [3.63, 3.8) is 0 Å². The topological polar surface area (TPSA) is 33.1 Å². The van der Waals surface area contributed by atoms with Gasteiger partial charge in [0.1, 0.15) is 5.01 Å². The van der Waals surface area contributed by atoms with Crippen LogP contribution in [0.4, 0.5) is 0 Å². The first kappa shape index (κ1) is 11.8. The molecule has 0 aliphatic carbocycles. The van der Waals surface area contributed by atoms with E-state index < -0.39 is 0 Å². The van der Waals surface area contributed by atoms with Crippen LogP contribution < -0.4 is 0 Å². The van der Waals surface area contributed by atoms with Gasteiger partial charge in [-0.3, -0.25) is 0 Å². The van der Waals surface area contributed by atoms with Crippen LogP contribution in [0, 0.1) is 0 Å². The Morgan fingerprint density at radius 3 is 3.00 bits per heavy atom. The minimum atomic E-state index is 0.226. The summed E-state index contributed by atoms with van der Waals surface area (Å²) in [5.74, 6) is 0. The van der Waals surface area contributed by atoms with E-state index in [1.165, 1.54) is 0 Å². The molecule has 1 heterocycles. The number of aliphatic hydroxyl groups excluding tert-OH is 1. The van der Waals surface area contributed by atoms with Gasteiger partial charge >= 0.3 is 0 Å². The van der Waals surface area contributed by atoms with Crippen LogP contribution >= 0.6 is 27.3 Å². The third-order valence-corrected chi connectivity index (χ3v) is 3.65. The normalized spacial score (nSPS) is 10.6. The van der Waals surface area contributed by atoms with Gasteiger partial charge in [0.05, 0.1) is 5.69 Å². The van der Waals surface area contributed by atoms with Crippen LogP contribution in [-0.4, -0.2) is 16.7 Å². The maximum atomic E-state index is 8.76. The zero-order valence-electron chi connectivity index (χ0n) is 8.69. The van der Waals surface area contributed by atoms with Crippen LogP contribution in [0.2, 0.25) is 0 Å². The molecule has 84 valence electrons. The van der Waals surface area contributed by atoms with E-state index in [0.717, 1.165) is 33.6 Å². The summed E-state index contributed by atoms with van der Waals surface area (Å²) in [5, 5.41) is 11.9. The van der Waals surface area contributed by atoms with Crippen LogP contribution in [-0.2, 0) is 6.42 Å². The molecular weight excluding hydrogens is 286 g/mol. The summed E-state index contributed by atoms with van der Waals surface area (Å²) in [6.07, 6.45) is 1.63. The van der Waals surface area contributed by atoms with Gasteiger partial charge in [-0.2, -0.15) is 0 Å². The van der Waals surface area contributed by atoms with E-state index in [-0.39, 0.29) is 6.61 Å². The molecule has 1 aromatic carbocycles. The molecule has 0 fully saturated rings. The number of benzene rings is 1. The highest BCUT2D eigenvalue weighted by atomic mass is 79.9. The highest BCUT2D eigenvalue weighted by Gasteiger charge is 2.04. The highest BCUT2D eigenvalue weighted by Crippen LogP contribution is 2.26. The molecule has 0 amide bonds. The van der Waals surface area contributed by atoms with Gasteiger partial charge in [0.15, 0.2) is 0 Å². The second-order valence-corrected chi connectivity index (χ2v) is 5.26. The molecule has 1 N–H and O–H groups in total. The first-order valence-electron chi connectivity index (χ1n) is 5.11. The Morgan fingerprint density at radius 2 is 2.25 bits per heavy atom. The Bertz CT molecular complexity index is 470. The van der Waals surface area contributed by atoms with E-state index in [9.17, 15) is 0 Å². The fourth-order valence-electron chi connectivity index (χ4n) is 1.44. The van der Waals surface area contributed by atoms with Gasteiger partial charge in [-0.1, -0.05) is 28.1 Å². The molecule has 2 nitrogen and oxygen atoms in total. The highest BCUT2D eigenvalue weighted by molar-refractivity contribution is 9.10. The summed E-state index contributed by atoms with van der Waals surface area (Å²) >= 11 is 5.10. The van der Waals surface area contributed by atoms with Gasteiger partial charge in [-0.15, -0.1) is 11.3 Å². The molecule has 0 bridgehead atoms. The predicted molar refractivity (Wildman–Crippen MR) is 70.7 cm³/mol. The molecule has 16 heavy (non-hydrogen) atoms. The van der Waals surface area contributed by atoms with E-state index in [1.807, 2.05) is 12.1 Å². The second kappa shape index (κ2) is 5.57.